The van der Waals surface area contributed by atoms with Crippen LogP contribution < -0.4 is 0 Å². The molecule has 5 heterocycles. The Kier molecular flexibility index (Phi) is 4.75. The zero-order valence-corrected chi connectivity index (χ0v) is 17.5. The van der Waals surface area contributed by atoms with E-state index >= 15 is 0 Å². The standard InChI is InChI=1S/C25H26N4O/c1-18-15-28-16-21(7-9-24(28)26-18)22-6-8-23-5-3-4-20(14-25(30)29(23)17-22)19-10-12-27(2)13-11-19/h3-9,14-17,19H,10-13H2,1-2H3/b4-3+,20-14+,23-5?. The summed E-state index contributed by atoms with van der Waals surface area (Å²) in [5.74, 6) is 0.466. The van der Waals surface area contributed by atoms with Crippen molar-refractivity contribution in [3.63, 3.8) is 0 Å². The topological polar surface area (TPSA) is 40.9 Å². The molecule has 0 atom stereocenters. The minimum absolute atomic E-state index is 0.0148. The number of hydrogen-bond acceptors (Lipinski definition) is 3. The van der Waals surface area contributed by atoms with E-state index in [-0.39, 0.29) is 5.91 Å². The van der Waals surface area contributed by atoms with E-state index in [0.29, 0.717) is 5.92 Å². The second kappa shape index (κ2) is 7.58. The van der Waals surface area contributed by atoms with Crippen molar-refractivity contribution >= 4 is 17.1 Å². The number of piperidine rings is 1. The molecule has 0 unspecified atom stereocenters. The molecule has 2 aromatic heterocycles. The Morgan fingerprint density at radius 3 is 2.73 bits per heavy atom. The summed E-state index contributed by atoms with van der Waals surface area (Å²) in [6.45, 7) is 4.15. The van der Waals surface area contributed by atoms with Crippen LogP contribution in [0.2, 0.25) is 0 Å². The Morgan fingerprint density at radius 2 is 1.90 bits per heavy atom. The van der Waals surface area contributed by atoms with Gasteiger partial charge in [-0.3, -0.25) is 9.69 Å². The van der Waals surface area contributed by atoms with Crippen LogP contribution in [-0.4, -0.2) is 45.2 Å². The average molecular weight is 399 g/mol. The molecule has 1 amide bonds. The molecule has 0 saturated carbocycles. The zero-order chi connectivity index (χ0) is 20.7. The number of fused-ring (bicyclic) bond motifs is 2. The minimum atomic E-state index is 0.0148. The van der Waals surface area contributed by atoms with Crippen LogP contribution in [0.5, 0.6) is 0 Å². The lowest BCUT2D eigenvalue weighted by Crippen LogP contribution is -2.31. The average Bonchev–Trinajstić information content (AvgIpc) is 3.11. The van der Waals surface area contributed by atoms with Crippen molar-refractivity contribution in [2.45, 2.75) is 19.8 Å². The van der Waals surface area contributed by atoms with Gasteiger partial charge in [0.15, 0.2) is 0 Å². The summed E-state index contributed by atoms with van der Waals surface area (Å²) in [7, 11) is 2.16. The summed E-state index contributed by atoms with van der Waals surface area (Å²) < 4.78 is 2.03. The van der Waals surface area contributed by atoms with Crippen LogP contribution in [-0.2, 0) is 4.79 Å². The van der Waals surface area contributed by atoms with Gasteiger partial charge < -0.3 is 9.30 Å². The maximum atomic E-state index is 13.2. The Morgan fingerprint density at radius 1 is 1.07 bits per heavy atom. The van der Waals surface area contributed by atoms with E-state index in [0.717, 1.165) is 59.7 Å². The predicted molar refractivity (Wildman–Crippen MR) is 119 cm³/mol. The van der Waals surface area contributed by atoms with Gasteiger partial charge in [-0.2, -0.15) is 0 Å². The SMILES string of the molecule is Cc1cn2cc(C3=CN4C(=O)/C=C(C5CCN(C)CC5)\C=C\C=C4C=C3)ccc2n1. The summed E-state index contributed by atoms with van der Waals surface area (Å²) in [6, 6.07) is 4.07. The number of carbonyl (C=O) groups excluding carboxylic acids is 1. The Hall–Kier alpha value is -3.18. The summed E-state index contributed by atoms with van der Waals surface area (Å²) in [5.41, 5.74) is 6.01. The van der Waals surface area contributed by atoms with Gasteiger partial charge in [-0.15, -0.1) is 0 Å². The molecule has 5 rings (SSSR count). The predicted octanol–water partition coefficient (Wildman–Crippen LogP) is 4.10. The molecule has 152 valence electrons. The fourth-order valence-corrected chi connectivity index (χ4v) is 4.41. The van der Waals surface area contributed by atoms with Gasteiger partial charge in [-0.05, 0) is 86.8 Å². The first kappa shape index (κ1) is 18.8. The van der Waals surface area contributed by atoms with Gasteiger partial charge in [-0.1, -0.05) is 18.2 Å². The number of likely N-dealkylation sites (tertiary alicyclic amines) is 1. The summed E-state index contributed by atoms with van der Waals surface area (Å²) in [6.07, 6.45) is 20.3. The van der Waals surface area contributed by atoms with E-state index in [1.165, 1.54) is 0 Å². The molecule has 0 radical (unpaired) electrons. The van der Waals surface area contributed by atoms with Crippen LogP contribution in [0, 0.1) is 12.8 Å². The lowest BCUT2D eigenvalue weighted by Gasteiger charge is -2.30. The Bertz CT molecular complexity index is 1150. The lowest BCUT2D eigenvalue weighted by molar-refractivity contribution is -0.122. The number of amides is 1. The third-order valence-electron chi connectivity index (χ3n) is 6.16. The molecule has 3 aliphatic heterocycles. The van der Waals surface area contributed by atoms with E-state index in [9.17, 15) is 4.79 Å². The molecule has 0 aromatic carbocycles. The van der Waals surface area contributed by atoms with Crippen LogP contribution in [0.15, 0.2) is 78.5 Å². The molecule has 1 fully saturated rings. The molecule has 2 aromatic rings. The number of aromatic nitrogens is 2. The number of nitrogens with zero attached hydrogens (tertiary/aromatic N) is 4. The van der Waals surface area contributed by atoms with Crippen molar-refractivity contribution in [1.29, 1.82) is 0 Å². The lowest BCUT2D eigenvalue weighted by atomic mass is 9.88. The van der Waals surface area contributed by atoms with Crippen molar-refractivity contribution in [3.05, 3.63) is 89.7 Å². The number of allylic oxidation sites excluding steroid dienone is 7. The van der Waals surface area contributed by atoms with Crippen LogP contribution in [0.3, 0.4) is 0 Å². The molecule has 0 bridgehead atoms. The number of carbonyl (C=O) groups is 1. The quantitative estimate of drug-likeness (QED) is 0.765. The third-order valence-corrected chi connectivity index (χ3v) is 6.16. The molecule has 0 N–H and O–H groups in total. The molecule has 5 nitrogen and oxygen atoms in total. The number of aryl methyl sites for hydroxylation is 1. The van der Waals surface area contributed by atoms with Crippen molar-refractivity contribution in [2.24, 2.45) is 5.92 Å². The number of pyridine rings is 1. The highest BCUT2D eigenvalue weighted by atomic mass is 16.2. The molecule has 30 heavy (non-hydrogen) atoms. The fraction of sp³-hybridized carbons (Fsp3) is 0.280. The maximum Gasteiger partial charge on any atom is 0.255 e. The van der Waals surface area contributed by atoms with Crippen LogP contribution in [0.1, 0.15) is 24.1 Å². The highest BCUT2D eigenvalue weighted by molar-refractivity contribution is 5.94. The fourth-order valence-electron chi connectivity index (χ4n) is 4.41. The second-order valence-electron chi connectivity index (χ2n) is 8.36. The van der Waals surface area contributed by atoms with Crippen molar-refractivity contribution in [1.82, 2.24) is 19.2 Å². The highest BCUT2D eigenvalue weighted by Crippen LogP contribution is 2.30. The molecule has 0 spiro atoms. The van der Waals surface area contributed by atoms with Gasteiger partial charge in [0.05, 0.1) is 5.69 Å². The molecular formula is C25H26N4O. The van der Waals surface area contributed by atoms with E-state index in [1.807, 2.05) is 48.0 Å². The molecule has 0 aliphatic carbocycles. The first-order chi connectivity index (χ1) is 14.6. The van der Waals surface area contributed by atoms with E-state index in [2.05, 4.69) is 47.4 Å². The monoisotopic (exact) mass is 398 g/mol. The van der Waals surface area contributed by atoms with Gasteiger partial charge in [0.25, 0.3) is 5.91 Å². The van der Waals surface area contributed by atoms with Crippen molar-refractivity contribution in [2.75, 3.05) is 20.1 Å². The highest BCUT2D eigenvalue weighted by Gasteiger charge is 2.23. The van der Waals surface area contributed by atoms with Crippen LogP contribution in [0.4, 0.5) is 0 Å². The van der Waals surface area contributed by atoms with E-state index in [4.69, 9.17) is 0 Å². The third kappa shape index (κ3) is 3.57. The zero-order valence-electron chi connectivity index (χ0n) is 17.5. The Balaban J connectivity index is 1.46. The first-order valence-electron chi connectivity index (χ1n) is 10.5. The molecular weight excluding hydrogens is 372 g/mol. The first-order valence-corrected chi connectivity index (χ1v) is 10.5. The van der Waals surface area contributed by atoms with E-state index in [1.54, 1.807) is 4.90 Å². The maximum absolute atomic E-state index is 13.2. The number of rotatable bonds is 2. The summed E-state index contributed by atoms with van der Waals surface area (Å²) in [5, 5.41) is 0. The van der Waals surface area contributed by atoms with Crippen LogP contribution in [0.25, 0.3) is 11.2 Å². The number of hydrogen-bond donors (Lipinski definition) is 0. The Labute approximate surface area is 177 Å². The van der Waals surface area contributed by atoms with Gasteiger partial charge in [0.1, 0.15) is 5.65 Å². The van der Waals surface area contributed by atoms with Gasteiger partial charge >= 0.3 is 0 Å². The second-order valence-corrected chi connectivity index (χ2v) is 8.36. The van der Waals surface area contributed by atoms with Crippen LogP contribution >= 0.6 is 0 Å². The van der Waals surface area contributed by atoms with Gasteiger partial charge in [0.2, 0.25) is 0 Å². The van der Waals surface area contributed by atoms with Crippen molar-refractivity contribution < 1.29 is 4.79 Å². The van der Waals surface area contributed by atoms with Gasteiger partial charge in [0, 0.05) is 30.4 Å². The smallest absolute Gasteiger partial charge is 0.255 e. The number of imidazole rings is 1. The largest absolute Gasteiger partial charge is 0.306 e. The molecule has 1 saturated heterocycles. The summed E-state index contributed by atoms with van der Waals surface area (Å²) in [4.78, 5) is 21.8. The molecule has 3 aliphatic rings. The summed E-state index contributed by atoms with van der Waals surface area (Å²) >= 11 is 0. The molecule has 5 heteroatoms. The van der Waals surface area contributed by atoms with E-state index < -0.39 is 0 Å². The normalized spacial score (nSPS) is 23.3. The van der Waals surface area contributed by atoms with Gasteiger partial charge in [-0.25, -0.2) is 4.98 Å². The van der Waals surface area contributed by atoms with Crippen molar-refractivity contribution in [3.8, 4) is 0 Å². The minimum Gasteiger partial charge on any atom is -0.306 e.